The molecule has 2 aromatic rings. The lowest BCUT2D eigenvalue weighted by atomic mass is 9.79. The number of nitrogens with two attached hydrogens (primary N) is 1. The molecular weight excluding hydrogens is 536 g/mol. The second kappa shape index (κ2) is 12.8. The number of aromatic nitrogens is 2. The Morgan fingerprint density at radius 1 is 1.20 bits per heavy atom. The van der Waals surface area contributed by atoms with E-state index in [-0.39, 0.29) is 23.3 Å². The van der Waals surface area contributed by atoms with Crippen LogP contribution in [0.15, 0.2) is 48.3 Å². The van der Waals surface area contributed by atoms with Crippen LogP contribution in [0.1, 0.15) is 76.0 Å². The molecule has 11 heteroatoms. The predicted molar refractivity (Wildman–Crippen MR) is 155 cm³/mol. The van der Waals surface area contributed by atoms with Crippen LogP contribution < -0.4 is 16.4 Å². The van der Waals surface area contributed by atoms with Crippen LogP contribution >= 0.6 is 0 Å². The van der Waals surface area contributed by atoms with Crippen LogP contribution in [0.5, 0.6) is 0 Å². The fraction of sp³-hybridized carbons (Fsp3) is 0.467. The average molecular weight is 575 g/mol. The Hall–Kier alpha value is -3.76. The molecule has 3 rings (SSSR count). The summed E-state index contributed by atoms with van der Waals surface area (Å²) in [6.07, 6.45) is 3.12. The van der Waals surface area contributed by atoms with Gasteiger partial charge in [-0.2, -0.15) is 13.2 Å². The fourth-order valence-electron chi connectivity index (χ4n) is 5.20. The fourth-order valence-corrected chi connectivity index (χ4v) is 5.20. The minimum atomic E-state index is -4.85. The largest absolute Gasteiger partial charge is 0.398 e. The number of halogens is 4. The van der Waals surface area contributed by atoms with Crippen molar-refractivity contribution in [3.8, 4) is 0 Å². The lowest BCUT2D eigenvalue weighted by Gasteiger charge is -2.33. The zero-order chi connectivity index (χ0) is 30.5. The summed E-state index contributed by atoms with van der Waals surface area (Å²) >= 11 is 0. The van der Waals surface area contributed by atoms with Crippen molar-refractivity contribution in [2.45, 2.75) is 84.1 Å². The smallest absolute Gasteiger partial charge is 0.383 e. The van der Waals surface area contributed by atoms with Crippen molar-refractivity contribution >= 4 is 28.9 Å². The third kappa shape index (κ3) is 7.12. The summed E-state index contributed by atoms with van der Waals surface area (Å²) in [5, 5.41) is 15.0. The van der Waals surface area contributed by atoms with Gasteiger partial charge in [0.1, 0.15) is 23.9 Å². The molecule has 3 unspecified atom stereocenters. The Balaban J connectivity index is 1.89. The topological polar surface area (TPSA) is 117 Å². The van der Waals surface area contributed by atoms with Gasteiger partial charge < -0.3 is 21.8 Å². The first-order valence-corrected chi connectivity index (χ1v) is 13.7. The van der Waals surface area contributed by atoms with E-state index in [1.807, 2.05) is 13.8 Å². The van der Waals surface area contributed by atoms with Gasteiger partial charge in [0.2, 0.25) is 0 Å². The monoisotopic (exact) mass is 574 g/mol. The zero-order valence-corrected chi connectivity index (χ0v) is 24.0. The quantitative estimate of drug-likeness (QED) is 0.166. The van der Waals surface area contributed by atoms with Crippen LogP contribution in [0, 0.1) is 18.3 Å². The second-order valence-corrected chi connectivity index (χ2v) is 10.6. The Morgan fingerprint density at radius 2 is 1.85 bits per heavy atom. The molecule has 0 spiro atoms. The van der Waals surface area contributed by atoms with Crippen LogP contribution in [0.25, 0.3) is 0 Å². The lowest BCUT2D eigenvalue weighted by molar-refractivity contribution is -0.187. The van der Waals surface area contributed by atoms with E-state index in [9.17, 15) is 18.0 Å². The molecule has 41 heavy (non-hydrogen) atoms. The van der Waals surface area contributed by atoms with Crippen LogP contribution in [-0.2, 0) is 4.79 Å². The first-order chi connectivity index (χ1) is 19.2. The lowest BCUT2D eigenvalue weighted by Crippen LogP contribution is -2.45. The number of rotatable bonds is 11. The van der Waals surface area contributed by atoms with Gasteiger partial charge in [-0.05, 0) is 49.9 Å². The van der Waals surface area contributed by atoms with Gasteiger partial charge in [0.15, 0.2) is 5.67 Å². The van der Waals surface area contributed by atoms with Crippen molar-refractivity contribution in [2.24, 2.45) is 5.92 Å². The summed E-state index contributed by atoms with van der Waals surface area (Å²) in [5.74, 6) is -3.30. The second-order valence-electron chi connectivity index (χ2n) is 10.6. The molecule has 3 atom stereocenters. The summed E-state index contributed by atoms with van der Waals surface area (Å²) in [6.45, 7) is 8.61. The van der Waals surface area contributed by atoms with E-state index in [1.54, 1.807) is 18.2 Å². The summed E-state index contributed by atoms with van der Waals surface area (Å²) in [4.78, 5) is 21.5. The molecule has 1 aromatic carbocycles. The highest BCUT2D eigenvalue weighted by Gasteiger charge is 2.54. The van der Waals surface area contributed by atoms with Crippen LogP contribution in [-0.4, -0.2) is 39.5 Å². The van der Waals surface area contributed by atoms with E-state index >= 15 is 4.39 Å². The first-order valence-electron chi connectivity index (χ1n) is 13.7. The molecule has 1 aliphatic rings. The third-order valence-electron chi connectivity index (χ3n) is 7.47. The van der Waals surface area contributed by atoms with Gasteiger partial charge in [-0.15, -0.1) is 0 Å². The van der Waals surface area contributed by atoms with E-state index in [2.05, 4.69) is 34.4 Å². The van der Waals surface area contributed by atoms with Gasteiger partial charge >= 0.3 is 6.18 Å². The summed E-state index contributed by atoms with van der Waals surface area (Å²) in [5.41, 5.74) is 4.96. The van der Waals surface area contributed by atoms with Crippen molar-refractivity contribution in [3.63, 3.8) is 0 Å². The van der Waals surface area contributed by atoms with Crippen molar-refractivity contribution < 1.29 is 22.4 Å². The number of carbonyl (C=O) groups is 1. The molecule has 0 bridgehead atoms. The Bertz CT molecular complexity index is 1330. The summed E-state index contributed by atoms with van der Waals surface area (Å²) < 4.78 is 55.6. The van der Waals surface area contributed by atoms with Gasteiger partial charge in [-0.25, -0.2) is 14.4 Å². The number of aryl methyl sites for hydroxylation is 1. The van der Waals surface area contributed by atoms with Crippen LogP contribution in [0.2, 0.25) is 0 Å². The minimum Gasteiger partial charge on any atom is -0.383 e. The van der Waals surface area contributed by atoms with E-state index < -0.39 is 35.2 Å². The average Bonchev–Trinajstić information content (AvgIpc) is 2.88. The normalized spacial score (nSPS) is 19.6. The highest BCUT2D eigenvalue weighted by molar-refractivity contribution is 6.10. The van der Waals surface area contributed by atoms with E-state index in [4.69, 9.17) is 11.1 Å². The van der Waals surface area contributed by atoms with Gasteiger partial charge in [0.05, 0.1) is 16.8 Å². The predicted octanol–water partition coefficient (Wildman–Crippen LogP) is 7.26. The maximum Gasteiger partial charge on any atom is 0.398 e. The van der Waals surface area contributed by atoms with Crippen molar-refractivity contribution in [1.29, 1.82) is 5.41 Å². The summed E-state index contributed by atoms with van der Waals surface area (Å²) in [7, 11) is 0. The number of anilines is 3. The number of nitrogens with zero attached hydrogens (tertiary/aromatic N) is 2. The Kier molecular flexibility index (Phi) is 9.94. The SMILES string of the molecule is CCCC(CCC)Nc1ncnc(N)c1C(=N)C(C)c1cc(NC(=O)C2=CC=CC(C(F)(F)F)C2(C)F)ccc1C. The molecule has 0 radical (unpaired) electrons. The number of amides is 1. The number of carbonyl (C=O) groups excluding carboxylic acids is 1. The molecule has 7 nitrogen and oxygen atoms in total. The molecule has 1 aromatic heterocycles. The highest BCUT2D eigenvalue weighted by Crippen LogP contribution is 2.44. The minimum absolute atomic E-state index is 0.156. The van der Waals surface area contributed by atoms with E-state index in [1.165, 1.54) is 6.33 Å². The number of benzene rings is 1. The molecule has 5 N–H and O–H groups in total. The van der Waals surface area contributed by atoms with E-state index in [0.717, 1.165) is 50.3 Å². The number of nitrogen functional groups attached to an aromatic ring is 1. The first kappa shape index (κ1) is 31.8. The van der Waals surface area contributed by atoms with Gasteiger partial charge in [-0.1, -0.05) is 57.9 Å². The van der Waals surface area contributed by atoms with Gasteiger partial charge in [0.25, 0.3) is 5.91 Å². The number of hydrogen-bond acceptors (Lipinski definition) is 6. The van der Waals surface area contributed by atoms with Gasteiger partial charge in [-0.3, -0.25) is 4.79 Å². The highest BCUT2D eigenvalue weighted by atomic mass is 19.4. The molecule has 1 aliphatic carbocycles. The zero-order valence-electron chi connectivity index (χ0n) is 24.0. The van der Waals surface area contributed by atoms with Crippen molar-refractivity contribution in [3.05, 3.63) is 65.0 Å². The van der Waals surface area contributed by atoms with Crippen molar-refractivity contribution in [2.75, 3.05) is 16.4 Å². The van der Waals surface area contributed by atoms with Gasteiger partial charge in [0, 0.05) is 17.6 Å². The van der Waals surface area contributed by atoms with Crippen molar-refractivity contribution in [1.82, 2.24) is 9.97 Å². The van der Waals surface area contributed by atoms with Crippen LogP contribution in [0.3, 0.4) is 0 Å². The standard InChI is InChI=1S/C30H38F4N6O/c1-6-9-19(10-7-2)39-27-24(26(36)37-16-38-27)25(35)18(4)21-15-20(14-13-17(21)3)40-28(41)22-11-8-12-23(29(22,5)31)30(32,33)34/h8,11-16,18-19,23,35H,6-7,9-10H2,1-5H3,(H,40,41)(H3,36,37,38,39). The Labute approximate surface area is 238 Å². The number of hydrogen-bond donors (Lipinski definition) is 4. The molecule has 0 fully saturated rings. The number of allylic oxidation sites excluding steroid dienone is 3. The Morgan fingerprint density at radius 3 is 2.46 bits per heavy atom. The van der Waals surface area contributed by atoms with Crippen LogP contribution in [0.4, 0.5) is 34.9 Å². The summed E-state index contributed by atoms with van der Waals surface area (Å²) in [6, 6.07) is 5.09. The molecular formula is C30H38F4N6O. The molecule has 0 saturated carbocycles. The maximum absolute atomic E-state index is 15.3. The third-order valence-corrected chi connectivity index (χ3v) is 7.47. The maximum atomic E-state index is 15.3. The number of nitrogens with one attached hydrogen (secondary N) is 3. The molecule has 222 valence electrons. The molecule has 0 saturated heterocycles. The van der Waals surface area contributed by atoms with E-state index in [0.29, 0.717) is 23.0 Å². The molecule has 1 heterocycles. The number of alkyl halides is 4. The molecule has 1 amide bonds. The molecule has 0 aliphatic heterocycles.